The number of aromatic nitrogens is 1. The molecule has 1 aromatic heterocycles. The topological polar surface area (TPSA) is 71.5 Å². The van der Waals surface area contributed by atoms with E-state index in [1.54, 1.807) is 12.1 Å². The molecule has 0 radical (unpaired) electrons. The van der Waals surface area contributed by atoms with Gasteiger partial charge in [-0.2, -0.15) is 13.2 Å². The standard InChI is InChI=1S/C16H15F3N2O3/c1-10(22)14(23)21-9-11-4-3-7-20-15(11)24-13-6-2-5-12(8-13)16(17,18)19/h2-8,10,22H,9H2,1H3,(H,21,23). The van der Waals surface area contributed by atoms with Crippen LogP contribution >= 0.6 is 0 Å². The average molecular weight is 340 g/mol. The maximum Gasteiger partial charge on any atom is 0.416 e. The van der Waals surface area contributed by atoms with Gasteiger partial charge in [-0.25, -0.2) is 4.98 Å². The summed E-state index contributed by atoms with van der Waals surface area (Å²) in [6.45, 7) is 1.34. The van der Waals surface area contributed by atoms with E-state index in [1.165, 1.54) is 25.3 Å². The minimum atomic E-state index is -4.47. The van der Waals surface area contributed by atoms with Gasteiger partial charge < -0.3 is 15.2 Å². The van der Waals surface area contributed by atoms with Crippen LogP contribution in [0.5, 0.6) is 11.6 Å². The second kappa shape index (κ2) is 7.31. The normalized spacial score (nSPS) is 12.5. The lowest BCUT2D eigenvalue weighted by Crippen LogP contribution is -2.32. The van der Waals surface area contributed by atoms with Crippen LogP contribution in [0.15, 0.2) is 42.6 Å². The van der Waals surface area contributed by atoms with Crippen LogP contribution in [0.1, 0.15) is 18.1 Å². The number of nitrogens with zero attached hydrogens (tertiary/aromatic N) is 1. The van der Waals surface area contributed by atoms with E-state index in [1.807, 2.05) is 0 Å². The number of carbonyl (C=O) groups excluding carboxylic acids is 1. The van der Waals surface area contributed by atoms with E-state index in [-0.39, 0.29) is 18.2 Å². The van der Waals surface area contributed by atoms with Crippen LogP contribution in [0.3, 0.4) is 0 Å². The van der Waals surface area contributed by atoms with Crippen LogP contribution in [0.4, 0.5) is 13.2 Å². The summed E-state index contributed by atoms with van der Waals surface area (Å²) in [4.78, 5) is 15.4. The third-order valence-electron chi connectivity index (χ3n) is 3.06. The van der Waals surface area contributed by atoms with Crippen molar-refractivity contribution in [3.63, 3.8) is 0 Å². The Labute approximate surface area is 136 Å². The number of rotatable bonds is 5. The lowest BCUT2D eigenvalue weighted by atomic mass is 10.2. The number of hydrogen-bond acceptors (Lipinski definition) is 4. The highest BCUT2D eigenvalue weighted by Crippen LogP contribution is 2.32. The quantitative estimate of drug-likeness (QED) is 0.878. The van der Waals surface area contributed by atoms with Crippen molar-refractivity contribution in [2.75, 3.05) is 0 Å². The first kappa shape index (κ1) is 17.7. The molecule has 1 heterocycles. The number of pyridine rings is 1. The van der Waals surface area contributed by atoms with Gasteiger partial charge in [0.15, 0.2) is 0 Å². The van der Waals surface area contributed by atoms with Crippen LogP contribution in [-0.2, 0) is 17.5 Å². The minimum absolute atomic E-state index is 0.0197. The molecule has 0 bridgehead atoms. The van der Waals surface area contributed by atoms with E-state index < -0.39 is 23.8 Å². The van der Waals surface area contributed by atoms with Gasteiger partial charge in [-0.15, -0.1) is 0 Å². The van der Waals surface area contributed by atoms with Gasteiger partial charge in [0, 0.05) is 18.3 Å². The Kier molecular flexibility index (Phi) is 5.40. The fraction of sp³-hybridized carbons (Fsp3) is 0.250. The number of carbonyl (C=O) groups is 1. The monoisotopic (exact) mass is 340 g/mol. The van der Waals surface area contributed by atoms with Crippen molar-refractivity contribution in [3.05, 3.63) is 53.7 Å². The molecule has 1 atom stereocenters. The molecule has 0 saturated carbocycles. The molecule has 0 aliphatic heterocycles. The Bertz CT molecular complexity index is 718. The summed E-state index contributed by atoms with van der Waals surface area (Å²) in [6.07, 6.45) is -4.23. The summed E-state index contributed by atoms with van der Waals surface area (Å²) in [5.74, 6) is -0.529. The van der Waals surface area contributed by atoms with Crippen molar-refractivity contribution in [2.45, 2.75) is 25.7 Å². The Hall–Kier alpha value is -2.61. The van der Waals surface area contributed by atoms with Gasteiger partial charge in [0.05, 0.1) is 5.56 Å². The molecule has 0 saturated heterocycles. The van der Waals surface area contributed by atoms with E-state index in [0.29, 0.717) is 5.56 Å². The summed E-state index contributed by atoms with van der Waals surface area (Å²) >= 11 is 0. The SMILES string of the molecule is CC(O)C(=O)NCc1cccnc1Oc1cccc(C(F)(F)F)c1. The molecular weight excluding hydrogens is 325 g/mol. The first-order valence-electron chi connectivity index (χ1n) is 7.02. The Balaban J connectivity index is 2.17. The van der Waals surface area contributed by atoms with E-state index in [0.717, 1.165) is 12.1 Å². The van der Waals surface area contributed by atoms with Crippen molar-refractivity contribution >= 4 is 5.91 Å². The molecule has 0 spiro atoms. The second-order valence-electron chi connectivity index (χ2n) is 4.99. The molecule has 1 amide bonds. The zero-order valence-corrected chi connectivity index (χ0v) is 12.7. The number of halogens is 3. The Morgan fingerprint density at radius 1 is 1.33 bits per heavy atom. The first-order chi connectivity index (χ1) is 11.3. The highest BCUT2D eigenvalue weighted by molar-refractivity contribution is 5.79. The summed E-state index contributed by atoms with van der Waals surface area (Å²) in [6, 6.07) is 7.63. The van der Waals surface area contributed by atoms with Gasteiger partial charge in [0.2, 0.25) is 11.8 Å². The van der Waals surface area contributed by atoms with Crippen LogP contribution in [0.2, 0.25) is 0 Å². The molecule has 2 aromatic rings. The number of aliphatic hydroxyl groups is 1. The smallest absolute Gasteiger partial charge is 0.416 e. The summed E-state index contributed by atoms with van der Waals surface area (Å²) in [7, 11) is 0. The van der Waals surface area contributed by atoms with Gasteiger partial charge in [-0.1, -0.05) is 12.1 Å². The lowest BCUT2D eigenvalue weighted by molar-refractivity contribution is -0.137. The third kappa shape index (κ3) is 4.69. The molecular formula is C16H15F3N2O3. The van der Waals surface area contributed by atoms with Gasteiger partial charge in [0.1, 0.15) is 11.9 Å². The van der Waals surface area contributed by atoms with Crippen LogP contribution in [0.25, 0.3) is 0 Å². The summed E-state index contributed by atoms with van der Waals surface area (Å²) < 4.78 is 43.6. The molecule has 5 nitrogen and oxygen atoms in total. The first-order valence-corrected chi connectivity index (χ1v) is 7.02. The van der Waals surface area contributed by atoms with Crippen molar-refractivity contribution < 1.29 is 27.8 Å². The highest BCUT2D eigenvalue weighted by atomic mass is 19.4. The minimum Gasteiger partial charge on any atom is -0.439 e. The predicted molar refractivity (Wildman–Crippen MR) is 79.3 cm³/mol. The molecule has 0 aliphatic rings. The number of amides is 1. The third-order valence-corrected chi connectivity index (χ3v) is 3.06. The van der Waals surface area contributed by atoms with E-state index in [2.05, 4.69) is 10.3 Å². The Morgan fingerprint density at radius 2 is 2.08 bits per heavy atom. The lowest BCUT2D eigenvalue weighted by Gasteiger charge is -2.13. The molecule has 1 aromatic carbocycles. The molecule has 0 fully saturated rings. The molecule has 128 valence electrons. The number of benzene rings is 1. The van der Waals surface area contributed by atoms with Crippen molar-refractivity contribution in [2.24, 2.45) is 0 Å². The van der Waals surface area contributed by atoms with Crippen LogP contribution < -0.4 is 10.1 Å². The van der Waals surface area contributed by atoms with E-state index in [4.69, 9.17) is 9.84 Å². The van der Waals surface area contributed by atoms with Crippen LogP contribution in [0, 0.1) is 0 Å². The zero-order chi connectivity index (χ0) is 17.7. The number of ether oxygens (including phenoxy) is 1. The molecule has 2 rings (SSSR count). The molecule has 0 aliphatic carbocycles. The molecule has 1 unspecified atom stereocenters. The zero-order valence-electron chi connectivity index (χ0n) is 12.7. The van der Waals surface area contributed by atoms with Gasteiger partial charge >= 0.3 is 6.18 Å². The number of aliphatic hydroxyl groups excluding tert-OH is 1. The van der Waals surface area contributed by atoms with Crippen molar-refractivity contribution in [3.8, 4) is 11.6 Å². The second-order valence-corrected chi connectivity index (χ2v) is 4.99. The van der Waals surface area contributed by atoms with Gasteiger partial charge in [-0.05, 0) is 31.2 Å². The largest absolute Gasteiger partial charge is 0.439 e. The predicted octanol–water partition coefficient (Wildman–Crippen LogP) is 2.89. The average Bonchev–Trinajstić information content (AvgIpc) is 2.53. The molecule has 24 heavy (non-hydrogen) atoms. The van der Waals surface area contributed by atoms with Gasteiger partial charge in [-0.3, -0.25) is 4.79 Å². The fourth-order valence-corrected chi connectivity index (χ4v) is 1.83. The Morgan fingerprint density at radius 3 is 2.75 bits per heavy atom. The van der Waals surface area contributed by atoms with Crippen molar-refractivity contribution in [1.82, 2.24) is 10.3 Å². The molecule has 2 N–H and O–H groups in total. The highest BCUT2D eigenvalue weighted by Gasteiger charge is 2.30. The number of nitrogens with one attached hydrogen (secondary N) is 1. The maximum atomic E-state index is 12.7. The fourth-order valence-electron chi connectivity index (χ4n) is 1.83. The van der Waals surface area contributed by atoms with Gasteiger partial charge in [0.25, 0.3) is 0 Å². The van der Waals surface area contributed by atoms with E-state index in [9.17, 15) is 18.0 Å². The summed E-state index contributed by atoms with van der Waals surface area (Å²) in [5.41, 5.74) is -0.371. The number of alkyl halides is 3. The summed E-state index contributed by atoms with van der Waals surface area (Å²) in [5, 5.41) is 11.6. The van der Waals surface area contributed by atoms with Crippen molar-refractivity contribution in [1.29, 1.82) is 0 Å². The molecule has 8 heteroatoms. The van der Waals surface area contributed by atoms with Crippen LogP contribution in [-0.4, -0.2) is 22.1 Å². The maximum absolute atomic E-state index is 12.7. The number of hydrogen-bond donors (Lipinski definition) is 2. The van der Waals surface area contributed by atoms with E-state index >= 15 is 0 Å².